The highest BCUT2D eigenvalue weighted by molar-refractivity contribution is 5.91. The van der Waals surface area contributed by atoms with Gasteiger partial charge in [-0.2, -0.15) is 0 Å². The Kier molecular flexibility index (Phi) is 3.62. The molecule has 5 heteroatoms. The van der Waals surface area contributed by atoms with Crippen LogP contribution in [0.4, 0.5) is 15.8 Å². The Morgan fingerprint density at radius 2 is 2.22 bits per heavy atom. The molecular weight excluding hydrogens is 235 g/mol. The van der Waals surface area contributed by atoms with Crippen LogP contribution in [0.1, 0.15) is 12.2 Å². The molecule has 2 rings (SSSR count). The van der Waals surface area contributed by atoms with Gasteiger partial charge in [0.15, 0.2) is 0 Å². The Bertz CT molecular complexity index is 538. The lowest BCUT2D eigenvalue weighted by atomic mass is 10.2. The maximum absolute atomic E-state index is 13.4. The third kappa shape index (κ3) is 3.10. The second-order valence-electron chi connectivity index (χ2n) is 3.87. The Morgan fingerprint density at radius 3 is 2.89 bits per heavy atom. The molecule has 0 saturated heterocycles. The Hall–Kier alpha value is -2.30. The summed E-state index contributed by atoms with van der Waals surface area (Å²) < 4.78 is 18.5. The van der Waals surface area contributed by atoms with Crippen LogP contribution in [-0.2, 0) is 11.2 Å². The number of amides is 1. The van der Waals surface area contributed by atoms with Crippen LogP contribution in [0.15, 0.2) is 41.0 Å². The molecule has 1 heterocycles. The molecule has 94 valence electrons. The number of carbonyl (C=O) groups is 1. The highest BCUT2D eigenvalue weighted by Gasteiger charge is 2.08. The average molecular weight is 248 g/mol. The van der Waals surface area contributed by atoms with Crippen molar-refractivity contribution in [2.45, 2.75) is 12.8 Å². The van der Waals surface area contributed by atoms with Crippen LogP contribution >= 0.6 is 0 Å². The molecule has 1 aromatic heterocycles. The van der Waals surface area contributed by atoms with E-state index in [1.54, 1.807) is 18.4 Å². The molecule has 0 radical (unpaired) electrons. The molecule has 0 bridgehead atoms. The van der Waals surface area contributed by atoms with E-state index >= 15 is 0 Å². The third-order valence-corrected chi connectivity index (χ3v) is 2.45. The van der Waals surface area contributed by atoms with Gasteiger partial charge in [0.25, 0.3) is 0 Å². The summed E-state index contributed by atoms with van der Waals surface area (Å²) in [4.78, 5) is 11.6. The summed E-state index contributed by atoms with van der Waals surface area (Å²) in [6, 6.07) is 7.69. The molecule has 2 aromatic rings. The van der Waals surface area contributed by atoms with Crippen LogP contribution in [0.5, 0.6) is 0 Å². The number of rotatable bonds is 4. The van der Waals surface area contributed by atoms with E-state index in [1.807, 2.05) is 0 Å². The summed E-state index contributed by atoms with van der Waals surface area (Å²) in [6.45, 7) is 0. The van der Waals surface area contributed by atoms with Gasteiger partial charge in [-0.05, 0) is 30.3 Å². The molecule has 4 nitrogen and oxygen atoms in total. The maximum Gasteiger partial charge on any atom is 0.224 e. The van der Waals surface area contributed by atoms with E-state index < -0.39 is 5.82 Å². The van der Waals surface area contributed by atoms with Crippen molar-refractivity contribution in [2.24, 2.45) is 0 Å². The number of aryl methyl sites for hydroxylation is 1. The molecule has 1 aromatic carbocycles. The summed E-state index contributed by atoms with van der Waals surface area (Å²) in [6.07, 6.45) is 2.26. The largest absolute Gasteiger partial charge is 0.469 e. The summed E-state index contributed by atoms with van der Waals surface area (Å²) in [7, 11) is 0. The number of hydrogen-bond donors (Lipinski definition) is 2. The van der Waals surface area contributed by atoms with Gasteiger partial charge in [-0.1, -0.05) is 0 Å². The minimum absolute atomic E-state index is 0.133. The third-order valence-electron chi connectivity index (χ3n) is 2.45. The molecule has 0 atom stereocenters. The van der Waals surface area contributed by atoms with Gasteiger partial charge in [-0.15, -0.1) is 0 Å². The van der Waals surface area contributed by atoms with Gasteiger partial charge in [-0.25, -0.2) is 4.39 Å². The zero-order valence-electron chi connectivity index (χ0n) is 9.65. The van der Waals surface area contributed by atoms with Crippen molar-refractivity contribution in [1.29, 1.82) is 0 Å². The van der Waals surface area contributed by atoms with Crippen LogP contribution in [-0.4, -0.2) is 5.91 Å². The number of anilines is 2. The quantitative estimate of drug-likeness (QED) is 0.817. The molecular formula is C13H13FN2O2. The number of hydrogen-bond acceptors (Lipinski definition) is 3. The molecule has 0 unspecified atom stereocenters. The second-order valence-corrected chi connectivity index (χ2v) is 3.87. The Morgan fingerprint density at radius 1 is 1.39 bits per heavy atom. The van der Waals surface area contributed by atoms with E-state index in [-0.39, 0.29) is 18.0 Å². The lowest BCUT2D eigenvalue weighted by molar-refractivity contribution is -0.116. The highest BCUT2D eigenvalue weighted by Crippen LogP contribution is 2.17. The van der Waals surface area contributed by atoms with E-state index in [2.05, 4.69) is 5.32 Å². The first-order chi connectivity index (χ1) is 8.65. The van der Waals surface area contributed by atoms with E-state index in [0.717, 1.165) is 5.76 Å². The number of benzene rings is 1. The molecule has 0 aliphatic heterocycles. The van der Waals surface area contributed by atoms with E-state index in [0.29, 0.717) is 12.1 Å². The molecule has 0 spiro atoms. The Balaban J connectivity index is 1.91. The molecule has 0 aliphatic rings. The lowest BCUT2D eigenvalue weighted by Crippen LogP contribution is -2.13. The van der Waals surface area contributed by atoms with Crippen molar-refractivity contribution < 1.29 is 13.6 Å². The van der Waals surface area contributed by atoms with Crippen molar-refractivity contribution in [3.05, 3.63) is 48.2 Å². The van der Waals surface area contributed by atoms with Crippen LogP contribution < -0.4 is 11.1 Å². The van der Waals surface area contributed by atoms with Crippen LogP contribution in [0.3, 0.4) is 0 Å². The molecule has 0 saturated carbocycles. The molecule has 0 fully saturated rings. The van der Waals surface area contributed by atoms with Gasteiger partial charge in [0.2, 0.25) is 5.91 Å². The SMILES string of the molecule is Nc1ccc(NC(=O)CCc2ccco2)c(F)c1. The van der Waals surface area contributed by atoms with Crippen LogP contribution in [0, 0.1) is 5.82 Å². The number of halogens is 1. The first kappa shape index (κ1) is 12.2. The van der Waals surface area contributed by atoms with Crippen molar-refractivity contribution in [1.82, 2.24) is 0 Å². The van der Waals surface area contributed by atoms with Crippen molar-refractivity contribution >= 4 is 17.3 Å². The fraction of sp³-hybridized carbons (Fsp3) is 0.154. The lowest BCUT2D eigenvalue weighted by Gasteiger charge is -2.06. The zero-order chi connectivity index (χ0) is 13.0. The smallest absolute Gasteiger partial charge is 0.224 e. The van der Waals surface area contributed by atoms with Crippen molar-refractivity contribution in [3.63, 3.8) is 0 Å². The number of furan rings is 1. The first-order valence-corrected chi connectivity index (χ1v) is 5.52. The van der Waals surface area contributed by atoms with Gasteiger partial charge < -0.3 is 15.5 Å². The summed E-state index contributed by atoms with van der Waals surface area (Å²) in [5.74, 6) is -0.0839. The standard InChI is InChI=1S/C13H13FN2O2/c14-11-8-9(15)3-5-12(11)16-13(17)6-4-10-2-1-7-18-10/h1-3,5,7-8H,4,6,15H2,(H,16,17). The summed E-state index contributed by atoms with van der Waals surface area (Å²) >= 11 is 0. The number of nitrogens with one attached hydrogen (secondary N) is 1. The fourth-order valence-corrected chi connectivity index (χ4v) is 1.54. The normalized spacial score (nSPS) is 10.3. The minimum Gasteiger partial charge on any atom is -0.469 e. The predicted molar refractivity (Wildman–Crippen MR) is 66.5 cm³/mol. The van der Waals surface area contributed by atoms with Gasteiger partial charge in [0, 0.05) is 18.5 Å². The number of nitrogen functional groups attached to an aromatic ring is 1. The maximum atomic E-state index is 13.4. The van der Waals surface area contributed by atoms with E-state index in [4.69, 9.17) is 10.2 Å². The first-order valence-electron chi connectivity index (χ1n) is 5.52. The predicted octanol–water partition coefficient (Wildman–Crippen LogP) is 2.57. The van der Waals surface area contributed by atoms with E-state index in [9.17, 15) is 9.18 Å². The van der Waals surface area contributed by atoms with Gasteiger partial charge in [-0.3, -0.25) is 4.79 Å². The molecule has 18 heavy (non-hydrogen) atoms. The monoisotopic (exact) mass is 248 g/mol. The average Bonchev–Trinajstić information content (AvgIpc) is 2.83. The topological polar surface area (TPSA) is 68.3 Å². The summed E-state index contributed by atoms with van der Waals surface area (Å²) in [5.41, 5.74) is 5.87. The fourth-order valence-electron chi connectivity index (χ4n) is 1.54. The van der Waals surface area contributed by atoms with Gasteiger partial charge in [0.1, 0.15) is 11.6 Å². The van der Waals surface area contributed by atoms with Gasteiger partial charge in [0.05, 0.1) is 12.0 Å². The Labute approximate surface area is 104 Å². The number of carbonyl (C=O) groups excluding carboxylic acids is 1. The summed E-state index contributed by atoms with van der Waals surface area (Å²) in [5, 5.41) is 2.49. The number of nitrogens with two attached hydrogens (primary N) is 1. The highest BCUT2D eigenvalue weighted by atomic mass is 19.1. The minimum atomic E-state index is -0.540. The molecule has 0 aliphatic carbocycles. The zero-order valence-corrected chi connectivity index (χ0v) is 9.65. The van der Waals surface area contributed by atoms with Crippen molar-refractivity contribution in [2.75, 3.05) is 11.1 Å². The van der Waals surface area contributed by atoms with E-state index in [1.165, 1.54) is 18.2 Å². The molecule has 1 amide bonds. The van der Waals surface area contributed by atoms with Crippen LogP contribution in [0.2, 0.25) is 0 Å². The molecule has 3 N–H and O–H groups in total. The van der Waals surface area contributed by atoms with Crippen LogP contribution in [0.25, 0.3) is 0 Å². The van der Waals surface area contributed by atoms with Gasteiger partial charge >= 0.3 is 0 Å². The van der Waals surface area contributed by atoms with Crippen molar-refractivity contribution in [3.8, 4) is 0 Å². The second kappa shape index (κ2) is 5.35.